The van der Waals surface area contributed by atoms with Crippen molar-refractivity contribution in [2.24, 2.45) is 0 Å². The van der Waals surface area contributed by atoms with Gasteiger partial charge < -0.3 is 0 Å². The van der Waals surface area contributed by atoms with Crippen molar-refractivity contribution in [1.82, 2.24) is 4.90 Å². The predicted molar refractivity (Wildman–Crippen MR) is 104 cm³/mol. The number of thiophene rings is 2. The van der Waals surface area contributed by atoms with Crippen molar-refractivity contribution in [3.8, 4) is 0 Å². The van der Waals surface area contributed by atoms with E-state index >= 15 is 0 Å². The van der Waals surface area contributed by atoms with Crippen LogP contribution in [0.3, 0.4) is 0 Å². The summed E-state index contributed by atoms with van der Waals surface area (Å²) in [5.74, 6) is 0.251. The lowest BCUT2D eigenvalue weighted by molar-refractivity contribution is -0.114. The number of nitrogens with zero attached hydrogens (tertiary/aromatic N) is 1. The second-order valence-electron chi connectivity index (χ2n) is 6.74. The number of hydrogen-bond donors (Lipinski definition) is 0. The van der Waals surface area contributed by atoms with Gasteiger partial charge >= 0.3 is 0 Å². The highest BCUT2D eigenvalue weighted by Crippen LogP contribution is 2.41. The average Bonchev–Trinajstić information content (AvgIpc) is 3.22. The van der Waals surface area contributed by atoms with Crippen LogP contribution >= 0.6 is 22.7 Å². The molecule has 0 aromatic carbocycles. The number of aryl methyl sites for hydroxylation is 2. The lowest BCUT2D eigenvalue weighted by atomic mass is 9.89. The fourth-order valence-electron chi connectivity index (χ4n) is 3.83. The largest absolute Gasteiger partial charge is 0.292 e. The number of Topliss-reactive ketones (excluding diaryl/α,β-unsaturated/α-hetero) is 1. The third-order valence-corrected chi connectivity index (χ3v) is 7.25. The van der Waals surface area contributed by atoms with E-state index in [0.717, 1.165) is 24.0 Å². The number of ketones is 1. The van der Waals surface area contributed by atoms with Crippen LogP contribution in [0.2, 0.25) is 0 Å². The van der Waals surface area contributed by atoms with Gasteiger partial charge in [0.25, 0.3) is 0 Å². The molecule has 4 heteroatoms. The Morgan fingerprint density at radius 1 is 0.958 bits per heavy atom. The van der Waals surface area contributed by atoms with Gasteiger partial charge in [-0.2, -0.15) is 0 Å². The third kappa shape index (κ3) is 2.53. The third-order valence-electron chi connectivity index (χ3n) is 5.32. The number of carbonyl (C=O) groups is 1. The summed E-state index contributed by atoms with van der Waals surface area (Å²) in [6, 6.07) is 4.78. The van der Waals surface area contributed by atoms with E-state index in [2.05, 4.69) is 60.8 Å². The van der Waals surface area contributed by atoms with Gasteiger partial charge in [0.2, 0.25) is 0 Å². The molecule has 124 valence electrons. The predicted octanol–water partition coefficient (Wildman–Crippen LogP) is 4.94. The van der Waals surface area contributed by atoms with Gasteiger partial charge in [-0.15, -0.1) is 22.7 Å². The minimum absolute atomic E-state index is 0.251. The molecular weight excluding hydrogens is 334 g/mol. The quantitative estimate of drug-likeness (QED) is 0.711. The van der Waals surface area contributed by atoms with Crippen molar-refractivity contribution in [2.45, 2.75) is 38.8 Å². The van der Waals surface area contributed by atoms with Crippen LogP contribution in [0.1, 0.15) is 33.7 Å². The molecule has 2 saturated heterocycles. The first-order valence-corrected chi connectivity index (χ1v) is 10.1. The molecule has 2 aromatic rings. The van der Waals surface area contributed by atoms with Crippen LogP contribution in [0, 0.1) is 13.8 Å². The van der Waals surface area contributed by atoms with E-state index in [-0.39, 0.29) is 17.9 Å². The molecule has 0 saturated carbocycles. The summed E-state index contributed by atoms with van der Waals surface area (Å²) in [5.41, 5.74) is 4.44. The van der Waals surface area contributed by atoms with Crippen molar-refractivity contribution in [3.63, 3.8) is 0 Å². The van der Waals surface area contributed by atoms with Crippen LogP contribution in [0.25, 0.3) is 12.2 Å². The summed E-state index contributed by atoms with van der Waals surface area (Å²) < 4.78 is 0. The zero-order valence-electron chi connectivity index (χ0n) is 14.2. The minimum Gasteiger partial charge on any atom is -0.292 e. The molecule has 2 unspecified atom stereocenters. The van der Waals surface area contributed by atoms with Crippen LogP contribution in [0.15, 0.2) is 34.0 Å². The van der Waals surface area contributed by atoms with Crippen LogP contribution in [-0.2, 0) is 4.79 Å². The first kappa shape index (κ1) is 16.0. The van der Waals surface area contributed by atoms with Gasteiger partial charge in [-0.1, -0.05) is 0 Å². The maximum Gasteiger partial charge on any atom is 0.188 e. The highest BCUT2D eigenvalue weighted by atomic mass is 32.1. The van der Waals surface area contributed by atoms with Gasteiger partial charge in [0.05, 0.1) is 0 Å². The van der Waals surface area contributed by atoms with Gasteiger partial charge in [0, 0.05) is 33.0 Å². The molecule has 2 nitrogen and oxygen atoms in total. The summed E-state index contributed by atoms with van der Waals surface area (Å²) in [6.07, 6.45) is 6.42. The first-order chi connectivity index (χ1) is 11.6. The summed E-state index contributed by atoms with van der Waals surface area (Å²) in [7, 11) is 2.17. The highest BCUT2D eigenvalue weighted by Gasteiger charge is 2.44. The Kier molecular flexibility index (Phi) is 4.07. The summed E-state index contributed by atoms with van der Waals surface area (Å²) in [6.45, 7) is 4.23. The molecule has 2 bridgehead atoms. The monoisotopic (exact) mass is 355 g/mol. The Balaban J connectivity index is 1.81. The van der Waals surface area contributed by atoms with Gasteiger partial charge in [-0.05, 0) is 79.9 Å². The van der Waals surface area contributed by atoms with Crippen LogP contribution < -0.4 is 0 Å². The summed E-state index contributed by atoms with van der Waals surface area (Å²) >= 11 is 3.43. The maximum absolute atomic E-state index is 13.3. The first-order valence-electron chi connectivity index (χ1n) is 8.34. The van der Waals surface area contributed by atoms with Gasteiger partial charge in [0.1, 0.15) is 0 Å². The minimum atomic E-state index is 0.251. The molecule has 4 heterocycles. The van der Waals surface area contributed by atoms with Gasteiger partial charge in [-0.25, -0.2) is 0 Å². The molecule has 4 rings (SSSR count). The molecule has 0 aliphatic carbocycles. The van der Waals surface area contributed by atoms with Crippen molar-refractivity contribution in [3.05, 3.63) is 54.9 Å². The molecule has 2 fully saturated rings. The number of rotatable bonds is 2. The molecule has 0 radical (unpaired) electrons. The molecule has 2 atom stereocenters. The van der Waals surface area contributed by atoms with Crippen molar-refractivity contribution in [1.29, 1.82) is 0 Å². The Hall–Kier alpha value is -1.49. The van der Waals surface area contributed by atoms with E-state index in [9.17, 15) is 4.79 Å². The van der Waals surface area contributed by atoms with Crippen LogP contribution in [-0.4, -0.2) is 29.8 Å². The zero-order valence-corrected chi connectivity index (χ0v) is 15.8. The summed E-state index contributed by atoms with van der Waals surface area (Å²) in [4.78, 5) is 18.1. The summed E-state index contributed by atoms with van der Waals surface area (Å²) in [5, 5.41) is 4.20. The Labute approximate surface area is 151 Å². The molecule has 2 aliphatic heterocycles. The number of fused-ring (bicyclic) bond motifs is 2. The number of carbonyl (C=O) groups excluding carboxylic acids is 1. The lowest BCUT2D eigenvalue weighted by Gasteiger charge is -2.34. The number of piperidine rings is 1. The Morgan fingerprint density at radius 2 is 1.42 bits per heavy atom. The van der Waals surface area contributed by atoms with Crippen molar-refractivity contribution in [2.75, 3.05) is 7.05 Å². The molecule has 24 heavy (non-hydrogen) atoms. The fourth-order valence-corrected chi connectivity index (χ4v) is 5.57. The average molecular weight is 356 g/mol. The van der Waals surface area contributed by atoms with Crippen LogP contribution in [0.5, 0.6) is 0 Å². The van der Waals surface area contributed by atoms with E-state index in [0.29, 0.717) is 0 Å². The fraction of sp³-hybridized carbons (Fsp3) is 0.350. The normalized spacial score (nSPS) is 27.5. The Bertz CT molecular complexity index is 786. The van der Waals surface area contributed by atoms with Crippen LogP contribution in [0.4, 0.5) is 0 Å². The lowest BCUT2D eigenvalue weighted by Crippen LogP contribution is -2.43. The van der Waals surface area contributed by atoms with E-state index in [1.165, 1.54) is 20.9 Å². The molecule has 0 spiro atoms. The molecule has 2 aliphatic rings. The Morgan fingerprint density at radius 3 is 1.79 bits per heavy atom. The second-order valence-corrected chi connectivity index (χ2v) is 8.63. The second kappa shape index (κ2) is 6.10. The van der Waals surface area contributed by atoms with Gasteiger partial charge in [0.15, 0.2) is 5.78 Å². The van der Waals surface area contributed by atoms with E-state index in [4.69, 9.17) is 0 Å². The van der Waals surface area contributed by atoms with Crippen molar-refractivity contribution >= 4 is 40.6 Å². The zero-order chi connectivity index (χ0) is 16.8. The smallest absolute Gasteiger partial charge is 0.188 e. The standard InChI is InChI=1S/C20H21NOS2/c1-12-6-8-23-18(12)10-14-16-4-5-17(21(16)3)15(20(14)22)11-19-13(2)7-9-24-19/h6-11,16-17H,4-5H2,1-3H3/b14-10+,15-11+. The van der Waals surface area contributed by atoms with E-state index in [1.54, 1.807) is 22.7 Å². The molecule has 2 aromatic heterocycles. The van der Waals surface area contributed by atoms with Crippen molar-refractivity contribution < 1.29 is 4.79 Å². The number of likely N-dealkylation sites (N-methyl/N-ethyl adjacent to an activating group) is 1. The molecular formula is C20H21NOS2. The van der Waals surface area contributed by atoms with Gasteiger partial charge in [-0.3, -0.25) is 9.69 Å². The SMILES string of the molecule is Cc1ccsc1/C=C1/C(=O)/C(=C/c2sccc2C)C2CCC1N2C. The molecule has 0 N–H and O–H groups in total. The highest BCUT2D eigenvalue weighted by molar-refractivity contribution is 7.11. The topological polar surface area (TPSA) is 20.3 Å². The van der Waals surface area contributed by atoms with E-state index < -0.39 is 0 Å². The number of hydrogen-bond acceptors (Lipinski definition) is 4. The maximum atomic E-state index is 13.3. The van der Waals surface area contributed by atoms with E-state index in [1.807, 2.05) is 0 Å². The molecule has 0 amide bonds.